The molecule has 1 saturated carbocycles. The van der Waals surface area contributed by atoms with Gasteiger partial charge in [-0.05, 0) is 63.9 Å². The first kappa shape index (κ1) is 18.6. The molecule has 1 aliphatic carbocycles. The SMILES string of the molecule is CCNC(=NCC(C1CC1)N(C)C)NCCc1ccc(OC)cc1. The Morgan fingerprint density at radius 3 is 2.50 bits per heavy atom. The maximum atomic E-state index is 5.19. The summed E-state index contributed by atoms with van der Waals surface area (Å²) in [5.74, 6) is 2.64. The van der Waals surface area contributed by atoms with E-state index in [1.165, 1.54) is 18.4 Å². The Balaban J connectivity index is 1.81. The standard InChI is InChI=1S/C19H32N4O/c1-5-20-19(22-14-18(23(2)3)16-8-9-16)21-13-12-15-6-10-17(24-4)11-7-15/h6-7,10-11,16,18H,5,8-9,12-14H2,1-4H3,(H2,20,21,22). The fourth-order valence-corrected chi connectivity index (χ4v) is 2.86. The van der Waals surface area contributed by atoms with Gasteiger partial charge in [0.2, 0.25) is 0 Å². The van der Waals surface area contributed by atoms with Crippen LogP contribution in [0.5, 0.6) is 5.75 Å². The molecule has 5 heteroatoms. The number of hydrogen-bond acceptors (Lipinski definition) is 3. The molecule has 1 atom stereocenters. The molecule has 1 unspecified atom stereocenters. The van der Waals surface area contributed by atoms with Gasteiger partial charge >= 0.3 is 0 Å². The highest BCUT2D eigenvalue weighted by molar-refractivity contribution is 5.79. The van der Waals surface area contributed by atoms with Crippen LogP contribution in [0.3, 0.4) is 0 Å². The van der Waals surface area contributed by atoms with E-state index in [9.17, 15) is 0 Å². The number of nitrogens with one attached hydrogen (secondary N) is 2. The molecule has 0 amide bonds. The lowest BCUT2D eigenvalue weighted by molar-refractivity contribution is 0.271. The predicted molar refractivity (Wildman–Crippen MR) is 101 cm³/mol. The molecule has 0 bridgehead atoms. The number of aliphatic imine (C=N–C) groups is 1. The second-order valence-electron chi connectivity index (χ2n) is 6.61. The van der Waals surface area contributed by atoms with Gasteiger partial charge in [-0.1, -0.05) is 12.1 Å². The van der Waals surface area contributed by atoms with E-state index in [4.69, 9.17) is 9.73 Å². The number of likely N-dealkylation sites (N-methyl/N-ethyl adjacent to an activating group) is 1. The molecule has 0 spiro atoms. The summed E-state index contributed by atoms with van der Waals surface area (Å²) in [5.41, 5.74) is 1.29. The largest absolute Gasteiger partial charge is 0.497 e. The van der Waals surface area contributed by atoms with Gasteiger partial charge in [0.25, 0.3) is 0 Å². The molecule has 1 aliphatic rings. The third-order valence-corrected chi connectivity index (χ3v) is 4.48. The monoisotopic (exact) mass is 332 g/mol. The third kappa shape index (κ3) is 6.04. The van der Waals surface area contributed by atoms with Crippen molar-refractivity contribution in [3.8, 4) is 5.75 Å². The van der Waals surface area contributed by atoms with Crippen LogP contribution < -0.4 is 15.4 Å². The second-order valence-corrected chi connectivity index (χ2v) is 6.61. The molecular weight excluding hydrogens is 300 g/mol. The Kier molecular flexibility index (Phi) is 7.37. The molecular formula is C19H32N4O. The van der Waals surface area contributed by atoms with Gasteiger partial charge < -0.3 is 20.3 Å². The molecule has 1 fully saturated rings. The van der Waals surface area contributed by atoms with Crippen molar-refractivity contribution in [3.63, 3.8) is 0 Å². The minimum Gasteiger partial charge on any atom is -0.497 e. The van der Waals surface area contributed by atoms with Crippen LogP contribution in [-0.2, 0) is 6.42 Å². The average molecular weight is 332 g/mol. The molecule has 24 heavy (non-hydrogen) atoms. The third-order valence-electron chi connectivity index (χ3n) is 4.48. The zero-order valence-electron chi connectivity index (χ0n) is 15.5. The topological polar surface area (TPSA) is 48.9 Å². The van der Waals surface area contributed by atoms with Crippen LogP contribution >= 0.6 is 0 Å². The maximum Gasteiger partial charge on any atom is 0.191 e. The Hall–Kier alpha value is -1.75. The molecule has 0 aromatic heterocycles. The van der Waals surface area contributed by atoms with Crippen LogP contribution in [0, 0.1) is 5.92 Å². The summed E-state index contributed by atoms with van der Waals surface area (Å²) in [7, 11) is 6.00. The van der Waals surface area contributed by atoms with E-state index in [0.29, 0.717) is 6.04 Å². The van der Waals surface area contributed by atoms with Crippen molar-refractivity contribution in [2.75, 3.05) is 40.8 Å². The first-order chi connectivity index (χ1) is 11.6. The van der Waals surface area contributed by atoms with Crippen molar-refractivity contribution in [3.05, 3.63) is 29.8 Å². The van der Waals surface area contributed by atoms with Crippen molar-refractivity contribution in [1.82, 2.24) is 15.5 Å². The van der Waals surface area contributed by atoms with Crippen LogP contribution in [0.25, 0.3) is 0 Å². The number of rotatable bonds is 9. The molecule has 2 rings (SSSR count). The Morgan fingerprint density at radius 1 is 1.25 bits per heavy atom. The van der Waals surface area contributed by atoms with E-state index >= 15 is 0 Å². The van der Waals surface area contributed by atoms with Gasteiger partial charge in [0.05, 0.1) is 13.7 Å². The number of guanidine groups is 1. The van der Waals surface area contributed by atoms with Crippen LogP contribution in [0.2, 0.25) is 0 Å². The van der Waals surface area contributed by atoms with Crippen LogP contribution in [0.4, 0.5) is 0 Å². The zero-order valence-corrected chi connectivity index (χ0v) is 15.5. The van der Waals surface area contributed by atoms with Crippen molar-refractivity contribution < 1.29 is 4.74 Å². The van der Waals surface area contributed by atoms with Crippen molar-refractivity contribution in [2.45, 2.75) is 32.2 Å². The number of benzene rings is 1. The molecule has 0 heterocycles. The van der Waals surface area contributed by atoms with Gasteiger partial charge in [0.15, 0.2) is 5.96 Å². The molecule has 0 saturated heterocycles. The minimum absolute atomic E-state index is 0.557. The predicted octanol–water partition coefficient (Wildman–Crippen LogP) is 2.13. The molecule has 5 nitrogen and oxygen atoms in total. The first-order valence-corrected chi connectivity index (χ1v) is 8.95. The molecule has 0 radical (unpaired) electrons. The normalized spacial score (nSPS) is 16.1. The highest BCUT2D eigenvalue weighted by Gasteiger charge is 2.32. The van der Waals surface area contributed by atoms with E-state index in [1.807, 2.05) is 12.1 Å². The Morgan fingerprint density at radius 2 is 1.96 bits per heavy atom. The summed E-state index contributed by atoms with van der Waals surface area (Å²) < 4.78 is 5.19. The fraction of sp³-hybridized carbons (Fsp3) is 0.632. The Labute approximate surface area is 146 Å². The van der Waals surface area contributed by atoms with E-state index in [1.54, 1.807) is 7.11 Å². The van der Waals surface area contributed by atoms with Crippen LogP contribution in [0.15, 0.2) is 29.3 Å². The summed E-state index contributed by atoms with van der Waals surface area (Å²) in [6.45, 7) is 4.71. The molecule has 1 aromatic rings. The quantitative estimate of drug-likeness (QED) is 0.537. The highest BCUT2D eigenvalue weighted by atomic mass is 16.5. The lowest BCUT2D eigenvalue weighted by Crippen LogP contribution is -2.40. The van der Waals surface area contributed by atoms with E-state index in [-0.39, 0.29) is 0 Å². The van der Waals surface area contributed by atoms with Gasteiger partial charge in [0, 0.05) is 19.1 Å². The number of nitrogens with zero attached hydrogens (tertiary/aromatic N) is 2. The van der Waals surface area contributed by atoms with Gasteiger partial charge in [-0.3, -0.25) is 4.99 Å². The number of ether oxygens (including phenoxy) is 1. The van der Waals surface area contributed by atoms with Gasteiger partial charge in [-0.15, -0.1) is 0 Å². The summed E-state index contributed by atoms with van der Waals surface area (Å²) in [6, 6.07) is 8.79. The second kappa shape index (κ2) is 9.52. The zero-order chi connectivity index (χ0) is 17.4. The van der Waals surface area contributed by atoms with Crippen molar-refractivity contribution >= 4 is 5.96 Å². The fourth-order valence-electron chi connectivity index (χ4n) is 2.86. The number of methoxy groups -OCH3 is 1. The van der Waals surface area contributed by atoms with Gasteiger partial charge in [-0.2, -0.15) is 0 Å². The first-order valence-electron chi connectivity index (χ1n) is 8.95. The smallest absolute Gasteiger partial charge is 0.191 e. The molecule has 2 N–H and O–H groups in total. The van der Waals surface area contributed by atoms with Gasteiger partial charge in [0.1, 0.15) is 5.75 Å². The Bertz CT molecular complexity index is 507. The minimum atomic E-state index is 0.557. The number of hydrogen-bond donors (Lipinski definition) is 2. The van der Waals surface area contributed by atoms with Crippen molar-refractivity contribution in [2.24, 2.45) is 10.9 Å². The lowest BCUT2D eigenvalue weighted by Gasteiger charge is -2.23. The maximum absolute atomic E-state index is 5.19. The summed E-state index contributed by atoms with van der Waals surface area (Å²) >= 11 is 0. The van der Waals surface area contributed by atoms with E-state index < -0.39 is 0 Å². The molecule has 134 valence electrons. The van der Waals surface area contributed by atoms with E-state index in [0.717, 1.165) is 43.7 Å². The lowest BCUT2D eigenvalue weighted by atomic mass is 10.1. The average Bonchev–Trinajstić information content (AvgIpc) is 3.40. The molecule has 0 aliphatic heterocycles. The summed E-state index contributed by atoms with van der Waals surface area (Å²) in [5, 5.41) is 6.78. The van der Waals surface area contributed by atoms with Gasteiger partial charge in [-0.25, -0.2) is 0 Å². The molecule has 1 aromatic carbocycles. The van der Waals surface area contributed by atoms with Crippen LogP contribution in [-0.4, -0.2) is 57.7 Å². The van der Waals surface area contributed by atoms with Crippen LogP contribution in [0.1, 0.15) is 25.3 Å². The van der Waals surface area contributed by atoms with Crippen molar-refractivity contribution in [1.29, 1.82) is 0 Å². The summed E-state index contributed by atoms with van der Waals surface area (Å²) in [4.78, 5) is 7.10. The summed E-state index contributed by atoms with van der Waals surface area (Å²) in [6.07, 6.45) is 3.66. The van der Waals surface area contributed by atoms with E-state index in [2.05, 4.69) is 48.7 Å². The highest BCUT2D eigenvalue weighted by Crippen LogP contribution is 2.34.